The fourth-order valence-electron chi connectivity index (χ4n) is 9.19. The van der Waals surface area contributed by atoms with Gasteiger partial charge in [-0.05, 0) is 57.9 Å². The Labute approximate surface area is 306 Å². The minimum Gasteiger partial charge on any atom is -0.455 e. The smallest absolute Gasteiger partial charge is 0.147 e. The van der Waals surface area contributed by atoms with Gasteiger partial charge in [0.1, 0.15) is 44.7 Å². The largest absolute Gasteiger partial charge is 0.455 e. The summed E-state index contributed by atoms with van der Waals surface area (Å²) in [7, 11) is 0. The quantitative estimate of drug-likeness (QED) is 0.169. The second-order valence-electron chi connectivity index (χ2n) is 14.2. The van der Waals surface area contributed by atoms with Crippen LogP contribution in [0.1, 0.15) is 0 Å². The summed E-state index contributed by atoms with van der Waals surface area (Å²) in [6, 6.07) is 55.1. The Morgan fingerprint density at radius 1 is 0.204 bits per heavy atom. The van der Waals surface area contributed by atoms with E-state index in [2.05, 4.69) is 109 Å². The topological polar surface area (TPSA) is 52.6 Å². The van der Waals surface area contributed by atoms with Crippen LogP contribution in [0, 0.1) is 0 Å². The highest BCUT2D eigenvalue weighted by atomic mass is 16.4. The molecule has 0 bridgehead atoms. The number of benzene rings is 9. The van der Waals surface area contributed by atoms with Crippen LogP contribution in [0.15, 0.2) is 175 Å². The van der Waals surface area contributed by atoms with Crippen molar-refractivity contribution in [3.8, 4) is 22.3 Å². The highest BCUT2D eigenvalue weighted by Crippen LogP contribution is 2.53. The summed E-state index contributed by atoms with van der Waals surface area (Å²) < 4.78 is 27.4. The molecule has 0 amide bonds. The Morgan fingerprint density at radius 2 is 0.426 bits per heavy atom. The fraction of sp³-hybridized carbons (Fsp3) is 0. The lowest BCUT2D eigenvalue weighted by Crippen LogP contribution is -1.92. The molecule has 250 valence electrons. The van der Waals surface area contributed by atoms with Crippen molar-refractivity contribution in [1.29, 1.82) is 0 Å². The summed E-state index contributed by atoms with van der Waals surface area (Å²) in [4.78, 5) is 0. The maximum Gasteiger partial charge on any atom is 0.147 e. The SMILES string of the molecule is c1ccc2c(c1)oc1c(-c3c4ccccc4c(-c4c5oc6ccccc6c5cc5c4oc4ccccc45)c4ccccc34)c3oc4ccccc4c3cc12. The normalized spacial score (nSPS) is 12.4. The van der Waals surface area contributed by atoms with Crippen LogP contribution in [0.5, 0.6) is 0 Å². The summed E-state index contributed by atoms with van der Waals surface area (Å²) in [5.41, 5.74) is 10.7. The molecular formula is C50H26O4. The minimum atomic E-state index is 0.810. The lowest BCUT2D eigenvalue weighted by Gasteiger charge is -2.18. The van der Waals surface area contributed by atoms with Crippen molar-refractivity contribution in [3.05, 3.63) is 158 Å². The molecule has 4 aromatic heterocycles. The fourth-order valence-corrected chi connectivity index (χ4v) is 9.19. The highest BCUT2D eigenvalue weighted by molar-refractivity contribution is 6.33. The number of hydrogen-bond donors (Lipinski definition) is 0. The van der Waals surface area contributed by atoms with E-state index in [1.54, 1.807) is 0 Å². The van der Waals surface area contributed by atoms with Crippen molar-refractivity contribution >= 4 is 109 Å². The third-order valence-corrected chi connectivity index (χ3v) is 11.5. The summed E-state index contributed by atoms with van der Waals surface area (Å²) >= 11 is 0. The Morgan fingerprint density at radius 3 is 0.685 bits per heavy atom. The van der Waals surface area contributed by atoms with Crippen molar-refractivity contribution in [2.24, 2.45) is 0 Å². The molecule has 4 heterocycles. The van der Waals surface area contributed by atoms with E-state index in [0.717, 1.165) is 132 Å². The monoisotopic (exact) mass is 690 g/mol. The van der Waals surface area contributed by atoms with Crippen LogP contribution in [0.4, 0.5) is 0 Å². The second kappa shape index (κ2) is 10.2. The highest BCUT2D eigenvalue weighted by Gasteiger charge is 2.28. The van der Waals surface area contributed by atoms with E-state index in [1.807, 2.05) is 48.5 Å². The first-order valence-corrected chi connectivity index (χ1v) is 18.3. The average Bonchev–Trinajstić information content (AvgIpc) is 3.99. The molecule has 4 nitrogen and oxygen atoms in total. The number of furan rings is 4. The van der Waals surface area contributed by atoms with Crippen LogP contribution >= 0.6 is 0 Å². The summed E-state index contributed by atoms with van der Waals surface area (Å²) in [6.45, 7) is 0. The molecular weight excluding hydrogens is 665 g/mol. The predicted octanol–water partition coefficient (Wildman–Crippen LogP) is 14.9. The molecule has 0 aliphatic rings. The molecule has 0 radical (unpaired) electrons. The molecule has 9 aromatic carbocycles. The maximum absolute atomic E-state index is 6.85. The van der Waals surface area contributed by atoms with Gasteiger partial charge in [-0.1, -0.05) is 121 Å². The van der Waals surface area contributed by atoms with E-state index < -0.39 is 0 Å². The number of fused-ring (bicyclic) bond motifs is 14. The molecule has 0 aliphatic heterocycles. The van der Waals surface area contributed by atoms with Crippen molar-refractivity contribution < 1.29 is 17.7 Å². The van der Waals surface area contributed by atoms with E-state index in [9.17, 15) is 0 Å². The molecule has 54 heavy (non-hydrogen) atoms. The van der Waals surface area contributed by atoms with Gasteiger partial charge in [-0.3, -0.25) is 0 Å². The van der Waals surface area contributed by atoms with Crippen molar-refractivity contribution in [2.75, 3.05) is 0 Å². The molecule has 0 unspecified atom stereocenters. The predicted molar refractivity (Wildman–Crippen MR) is 221 cm³/mol. The molecule has 0 atom stereocenters. The summed E-state index contributed by atoms with van der Waals surface area (Å²) in [5, 5.41) is 12.9. The first-order chi connectivity index (χ1) is 26.8. The van der Waals surface area contributed by atoms with Gasteiger partial charge >= 0.3 is 0 Å². The number of rotatable bonds is 2. The zero-order chi connectivity index (χ0) is 35.1. The zero-order valence-electron chi connectivity index (χ0n) is 28.6. The molecule has 0 fully saturated rings. The number of para-hydroxylation sites is 4. The van der Waals surface area contributed by atoms with E-state index in [4.69, 9.17) is 17.7 Å². The molecule has 0 aliphatic carbocycles. The van der Waals surface area contributed by atoms with Crippen molar-refractivity contribution in [1.82, 2.24) is 0 Å². The molecule has 4 heteroatoms. The van der Waals surface area contributed by atoms with Gasteiger partial charge in [0.05, 0.1) is 11.1 Å². The molecule has 13 aromatic rings. The van der Waals surface area contributed by atoms with Crippen molar-refractivity contribution in [2.45, 2.75) is 0 Å². The lowest BCUT2D eigenvalue weighted by atomic mass is 9.84. The second-order valence-corrected chi connectivity index (χ2v) is 14.2. The van der Waals surface area contributed by atoms with Crippen LogP contribution in [-0.2, 0) is 0 Å². The Balaban J connectivity index is 1.27. The van der Waals surface area contributed by atoms with Gasteiger partial charge in [-0.25, -0.2) is 0 Å². The third-order valence-electron chi connectivity index (χ3n) is 11.5. The first-order valence-electron chi connectivity index (χ1n) is 18.3. The minimum absolute atomic E-state index is 0.810. The Kier molecular flexibility index (Phi) is 5.34. The van der Waals surface area contributed by atoms with E-state index in [0.29, 0.717) is 0 Å². The van der Waals surface area contributed by atoms with E-state index in [1.165, 1.54) is 0 Å². The van der Waals surface area contributed by atoms with Crippen LogP contribution in [0.2, 0.25) is 0 Å². The summed E-state index contributed by atoms with van der Waals surface area (Å²) in [6.07, 6.45) is 0. The van der Waals surface area contributed by atoms with Crippen LogP contribution < -0.4 is 0 Å². The van der Waals surface area contributed by atoms with Gasteiger partial charge in [-0.15, -0.1) is 0 Å². The Hall–Kier alpha value is -7.30. The van der Waals surface area contributed by atoms with Gasteiger partial charge in [0.2, 0.25) is 0 Å². The van der Waals surface area contributed by atoms with Crippen LogP contribution in [0.3, 0.4) is 0 Å². The molecule has 13 rings (SSSR count). The Bertz CT molecular complexity index is 3260. The third kappa shape index (κ3) is 3.57. The van der Waals surface area contributed by atoms with Gasteiger partial charge < -0.3 is 17.7 Å². The molecule has 0 saturated heterocycles. The average molecular weight is 691 g/mol. The maximum atomic E-state index is 6.85. The first kappa shape index (κ1) is 28.3. The van der Waals surface area contributed by atoms with Gasteiger partial charge in [0, 0.05) is 54.2 Å². The van der Waals surface area contributed by atoms with Crippen LogP contribution in [0.25, 0.3) is 132 Å². The standard InChI is InChI=1S/C50H26O4/c1-2-18-32-31(17-1)43(45-47-35(27-13-5-9-21-39(27)51-47)25-36-28-14-6-10-22-40(28)52-48(36)45)33-19-3-4-20-34(33)44(32)46-49-37(29-15-7-11-23-41(29)53-49)26-38-30-16-8-12-24-42(30)54-50(38)46/h1-26H. The lowest BCUT2D eigenvalue weighted by molar-refractivity contribution is 0.657. The van der Waals surface area contributed by atoms with E-state index in [-0.39, 0.29) is 0 Å². The van der Waals surface area contributed by atoms with E-state index >= 15 is 0 Å². The molecule has 0 saturated carbocycles. The van der Waals surface area contributed by atoms with Gasteiger partial charge in [0.15, 0.2) is 0 Å². The molecule has 0 N–H and O–H groups in total. The summed E-state index contributed by atoms with van der Waals surface area (Å²) in [5.74, 6) is 0. The van der Waals surface area contributed by atoms with Crippen LogP contribution in [-0.4, -0.2) is 0 Å². The zero-order valence-corrected chi connectivity index (χ0v) is 28.6. The van der Waals surface area contributed by atoms with Gasteiger partial charge in [0.25, 0.3) is 0 Å². The van der Waals surface area contributed by atoms with Crippen molar-refractivity contribution in [3.63, 3.8) is 0 Å². The number of hydrogen-bond acceptors (Lipinski definition) is 4. The molecule has 0 spiro atoms. The van der Waals surface area contributed by atoms with Gasteiger partial charge in [-0.2, -0.15) is 0 Å².